The highest BCUT2D eigenvalue weighted by Crippen LogP contribution is 2.37. The van der Waals surface area contributed by atoms with Gasteiger partial charge in [0.25, 0.3) is 0 Å². The number of hydrogen-bond donors (Lipinski definition) is 4. The summed E-state index contributed by atoms with van der Waals surface area (Å²) < 4.78 is 1.10. The number of anilines is 2. The molecule has 132 valence electrons. The zero-order valence-corrected chi connectivity index (χ0v) is 14.5. The van der Waals surface area contributed by atoms with Crippen LogP contribution in [0.1, 0.15) is 0 Å². The topological polar surface area (TPSA) is 120 Å². The highest BCUT2D eigenvalue weighted by molar-refractivity contribution is 7.18. The van der Waals surface area contributed by atoms with Crippen LogP contribution in [-0.2, 0) is 0 Å². The summed E-state index contributed by atoms with van der Waals surface area (Å²) in [7, 11) is 0. The van der Waals surface area contributed by atoms with Crippen molar-refractivity contribution in [3.8, 4) is 22.9 Å². The van der Waals surface area contributed by atoms with Crippen LogP contribution in [0.3, 0.4) is 0 Å². The molecule has 5 aromatic rings. The molecule has 0 radical (unpaired) electrons. The second kappa shape index (κ2) is 5.92. The molecule has 0 atom stereocenters. The molecule has 27 heavy (non-hydrogen) atoms. The fraction of sp³-hybridized carbons (Fsp3) is 0. The van der Waals surface area contributed by atoms with Crippen LogP contribution in [0.5, 0.6) is 11.5 Å². The Morgan fingerprint density at radius 2 is 1.89 bits per heavy atom. The number of rotatable bonds is 3. The highest BCUT2D eigenvalue weighted by atomic mass is 32.1. The Morgan fingerprint density at radius 1 is 0.963 bits per heavy atom. The summed E-state index contributed by atoms with van der Waals surface area (Å²) in [4.78, 5) is 4.76. The highest BCUT2D eigenvalue weighted by Gasteiger charge is 2.13. The predicted octanol–water partition coefficient (Wildman–Crippen LogP) is 3.78. The van der Waals surface area contributed by atoms with E-state index in [1.54, 1.807) is 17.4 Å². The van der Waals surface area contributed by atoms with E-state index in [4.69, 9.17) is 4.98 Å². The zero-order valence-electron chi connectivity index (χ0n) is 13.7. The number of hydrogen-bond acceptors (Lipinski definition) is 8. The van der Waals surface area contributed by atoms with Crippen LogP contribution in [0.4, 0.5) is 11.5 Å². The second-order valence-corrected chi connectivity index (χ2v) is 6.84. The van der Waals surface area contributed by atoms with Crippen LogP contribution >= 0.6 is 11.3 Å². The number of phenols is 2. The molecule has 0 spiro atoms. The molecule has 3 aromatic heterocycles. The van der Waals surface area contributed by atoms with Gasteiger partial charge in [-0.25, -0.2) is 4.98 Å². The molecule has 0 fully saturated rings. The molecule has 0 amide bonds. The third-order valence-electron chi connectivity index (χ3n) is 4.24. The monoisotopic (exact) mass is 376 g/mol. The fourth-order valence-corrected chi connectivity index (χ4v) is 3.89. The molecule has 0 unspecified atom stereocenters. The van der Waals surface area contributed by atoms with Crippen LogP contribution in [0.2, 0.25) is 0 Å². The normalized spacial score (nSPS) is 11.3. The molecule has 0 saturated carbocycles. The van der Waals surface area contributed by atoms with Crippen molar-refractivity contribution in [3.05, 3.63) is 47.8 Å². The standard InChI is InChI=1S/C18H12N6O2S/c25-14-4-2-10(8-15(14)26)19-18-12-5-6-27-16(12)11-3-1-9(7-13(11)20-18)17-21-23-24-22-17/h1-8,25-26H,(H,19,20)(H,21,22,23,24). The van der Waals surface area contributed by atoms with E-state index in [0.717, 1.165) is 26.6 Å². The number of fused-ring (bicyclic) bond motifs is 3. The van der Waals surface area contributed by atoms with Gasteiger partial charge in [-0.3, -0.25) is 0 Å². The smallest absolute Gasteiger partial charge is 0.204 e. The van der Waals surface area contributed by atoms with Crippen molar-refractivity contribution in [1.82, 2.24) is 25.6 Å². The van der Waals surface area contributed by atoms with Crippen LogP contribution in [0.25, 0.3) is 32.4 Å². The zero-order chi connectivity index (χ0) is 18.4. The van der Waals surface area contributed by atoms with Crippen LogP contribution < -0.4 is 5.32 Å². The Bertz CT molecular complexity index is 1280. The maximum atomic E-state index is 9.73. The first-order valence-electron chi connectivity index (χ1n) is 8.03. The van der Waals surface area contributed by atoms with Gasteiger partial charge in [0, 0.05) is 32.8 Å². The number of H-pyrrole nitrogens is 1. The Labute approximate surface area is 156 Å². The van der Waals surface area contributed by atoms with Crippen molar-refractivity contribution in [3.63, 3.8) is 0 Å². The molecule has 0 aliphatic rings. The molecule has 8 nitrogen and oxygen atoms in total. The first-order chi connectivity index (χ1) is 13.2. The van der Waals surface area contributed by atoms with Gasteiger partial charge in [-0.05, 0) is 34.9 Å². The molecular formula is C18H12N6O2S. The molecular weight excluding hydrogens is 364 g/mol. The maximum absolute atomic E-state index is 9.73. The number of aromatic hydroxyl groups is 2. The van der Waals surface area contributed by atoms with E-state index in [2.05, 4.69) is 25.9 Å². The van der Waals surface area contributed by atoms with Gasteiger partial charge in [-0.15, -0.1) is 21.5 Å². The van der Waals surface area contributed by atoms with Crippen LogP contribution in [-0.4, -0.2) is 35.8 Å². The van der Waals surface area contributed by atoms with E-state index in [1.165, 1.54) is 12.1 Å². The van der Waals surface area contributed by atoms with Gasteiger partial charge in [-0.2, -0.15) is 5.21 Å². The van der Waals surface area contributed by atoms with Crippen molar-refractivity contribution >= 4 is 43.8 Å². The number of tetrazole rings is 1. The number of nitrogens with one attached hydrogen (secondary N) is 2. The molecule has 0 aliphatic carbocycles. The van der Waals surface area contributed by atoms with Crippen molar-refractivity contribution in [2.24, 2.45) is 0 Å². The third kappa shape index (κ3) is 2.61. The maximum Gasteiger partial charge on any atom is 0.204 e. The van der Waals surface area contributed by atoms with Gasteiger partial charge >= 0.3 is 0 Å². The predicted molar refractivity (Wildman–Crippen MR) is 103 cm³/mol. The van der Waals surface area contributed by atoms with Gasteiger partial charge in [0.15, 0.2) is 11.5 Å². The minimum Gasteiger partial charge on any atom is -0.504 e. The summed E-state index contributed by atoms with van der Waals surface area (Å²) in [6, 6.07) is 12.4. The first kappa shape index (κ1) is 15.5. The lowest BCUT2D eigenvalue weighted by atomic mass is 10.1. The van der Waals surface area contributed by atoms with Crippen molar-refractivity contribution in [2.45, 2.75) is 0 Å². The largest absolute Gasteiger partial charge is 0.504 e. The van der Waals surface area contributed by atoms with Crippen LogP contribution in [0.15, 0.2) is 47.8 Å². The van der Waals surface area contributed by atoms with E-state index in [-0.39, 0.29) is 11.5 Å². The number of benzene rings is 2. The van der Waals surface area contributed by atoms with Gasteiger partial charge in [-0.1, -0.05) is 12.1 Å². The van der Waals surface area contributed by atoms with E-state index in [1.807, 2.05) is 29.6 Å². The van der Waals surface area contributed by atoms with E-state index in [0.29, 0.717) is 17.3 Å². The van der Waals surface area contributed by atoms with Crippen molar-refractivity contribution in [1.29, 1.82) is 0 Å². The molecule has 0 bridgehead atoms. The number of thiophene rings is 1. The average molecular weight is 376 g/mol. The van der Waals surface area contributed by atoms with E-state index >= 15 is 0 Å². The molecule has 4 N–H and O–H groups in total. The first-order valence-corrected chi connectivity index (χ1v) is 8.91. The van der Waals surface area contributed by atoms with Crippen LogP contribution in [0, 0.1) is 0 Å². The quantitative estimate of drug-likeness (QED) is 0.279. The fourth-order valence-electron chi connectivity index (χ4n) is 2.96. The summed E-state index contributed by atoms with van der Waals surface area (Å²) in [6.07, 6.45) is 0. The molecule has 0 saturated heterocycles. The number of pyridine rings is 1. The summed E-state index contributed by atoms with van der Waals surface area (Å²) in [6.45, 7) is 0. The number of nitrogens with zero attached hydrogens (tertiary/aromatic N) is 4. The van der Waals surface area contributed by atoms with E-state index < -0.39 is 0 Å². The average Bonchev–Trinajstić information content (AvgIpc) is 3.36. The number of aromatic nitrogens is 5. The Morgan fingerprint density at radius 3 is 2.70 bits per heavy atom. The number of aromatic amines is 1. The molecule has 5 rings (SSSR count). The summed E-state index contributed by atoms with van der Waals surface area (Å²) in [5.41, 5.74) is 2.23. The summed E-state index contributed by atoms with van der Waals surface area (Å²) in [5, 5.41) is 40.6. The van der Waals surface area contributed by atoms with E-state index in [9.17, 15) is 10.2 Å². The third-order valence-corrected chi connectivity index (χ3v) is 5.18. The Kier molecular flexibility index (Phi) is 3.41. The lowest BCUT2D eigenvalue weighted by Crippen LogP contribution is -1.95. The molecule has 3 heterocycles. The van der Waals surface area contributed by atoms with Gasteiger partial charge in [0.1, 0.15) is 5.82 Å². The lowest BCUT2D eigenvalue weighted by Gasteiger charge is -2.10. The molecule has 9 heteroatoms. The minimum atomic E-state index is -0.193. The Balaban J connectivity index is 1.67. The van der Waals surface area contributed by atoms with Gasteiger partial charge in [0.2, 0.25) is 5.82 Å². The summed E-state index contributed by atoms with van der Waals surface area (Å²) in [5.74, 6) is 0.802. The molecule has 0 aliphatic heterocycles. The number of phenolic OH excluding ortho intramolecular Hbond substituents is 2. The van der Waals surface area contributed by atoms with Gasteiger partial charge < -0.3 is 15.5 Å². The Hall–Kier alpha value is -3.72. The second-order valence-electron chi connectivity index (χ2n) is 5.92. The SMILES string of the molecule is Oc1ccc(Nc2nc3cc(-c4nn[nH]n4)ccc3c3sccc23)cc1O. The minimum absolute atomic E-state index is 0.169. The molecule has 2 aromatic carbocycles. The van der Waals surface area contributed by atoms with Gasteiger partial charge in [0.05, 0.1) is 5.52 Å². The van der Waals surface area contributed by atoms with Crippen molar-refractivity contribution in [2.75, 3.05) is 5.32 Å². The summed E-state index contributed by atoms with van der Waals surface area (Å²) >= 11 is 1.63. The van der Waals surface area contributed by atoms with Crippen molar-refractivity contribution < 1.29 is 10.2 Å². The lowest BCUT2D eigenvalue weighted by molar-refractivity contribution is 0.404.